The zero-order chi connectivity index (χ0) is 23.0. The molecule has 0 bridgehead atoms. The molecule has 0 spiro atoms. The Morgan fingerprint density at radius 1 is 1.28 bits per heavy atom. The number of fused-ring (bicyclic) bond motifs is 1. The van der Waals surface area contributed by atoms with Gasteiger partial charge in [0.15, 0.2) is 17.7 Å². The van der Waals surface area contributed by atoms with E-state index in [1.165, 1.54) is 24.4 Å². The highest BCUT2D eigenvalue weighted by atomic mass is 31.2. The summed E-state index contributed by atoms with van der Waals surface area (Å²) in [6.45, 7) is 2.88. The average Bonchev–Trinajstić information content (AvgIpc) is 3.47. The molecule has 4 rings (SSSR count). The maximum absolute atomic E-state index is 11.3. The zero-order valence-electron chi connectivity index (χ0n) is 18.0. The van der Waals surface area contributed by atoms with Crippen LogP contribution in [-0.4, -0.2) is 76.6 Å². The molecule has 3 heterocycles. The van der Waals surface area contributed by atoms with Crippen LogP contribution in [0.25, 0.3) is 11.0 Å². The summed E-state index contributed by atoms with van der Waals surface area (Å²) in [6, 6.07) is 0.342. The number of rotatable bonds is 8. The Balaban J connectivity index is 1.58. The molecule has 1 aliphatic heterocycles. The van der Waals surface area contributed by atoms with Gasteiger partial charge >= 0.3 is 7.60 Å². The van der Waals surface area contributed by atoms with Crippen molar-refractivity contribution in [1.29, 1.82) is 0 Å². The fraction of sp³-hybridized carbons (Fsp3) is 0.737. The summed E-state index contributed by atoms with van der Waals surface area (Å²) in [5, 5.41) is 29.6. The summed E-state index contributed by atoms with van der Waals surface area (Å²) in [5.41, 5.74) is 0.471. The molecule has 1 aliphatic carbocycles. The summed E-state index contributed by atoms with van der Waals surface area (Å²) >= 11 is 0. The Labute approximate surface area is 185 Å². The van der Waals surface area contributed by atoms with Crippen molar-refractivity contribution in [2.24, 2.45) is 0 Å². The lowest BCUT2D eigenvalue weighted by atomic mass is 10.1. The van der Waals surface area contributed by atoms with Gasteiger partial charge in [-0.2, -0.15) is 5.10 Å². The van der Waals surface area contributed by atoms with E-state index in [1.54, 1.807) is 6.20 Å². The molecule has 2 aliphatic rings. The minimum atomic E-state index is -4.44. The molecule has 1 saturated heterocycles. The van der Waals surface area contributed by atoms with Gasteiger partial charge in [0, 0.05) is 12.5 Å². The van der Waals surface area contributed by atoms with Gasteiger partial charge in [-0.05, 0) is 19.8 Å². The van der Waals surface area contributed by atoms with Gasteiger partial charge in [0.2, 0.25) is 0 Å². The fourth-order valence-electron chi connectivity index (χ4n) is 4.09. The van der Waals surface area contributed by atoms with Gasteiger partial charge in [0.25, 0.3) is 0 Å². The molecule has 5 N–H and O–H groups in total. The fourth-order valence-corrected chi connectivity index (χ4v) is 4.37. The largest absolute Gasteiger partial charge is 0.387 e. The lowest BCUT2D eigenvalue weighted by Gasteiger charge is -2.19. The van der Waals surface area contributed by atoms with Crippen LogP contribution in [0.2, 0.25) is 0 Å². The van der Waals surface area contributed by atoms with Gasteiger partial charge in [0.1, 0.15) is 30.0 Å². The van der Waals surface area contributed by atoms with Crippen LogP contribution in [0.3, 0.4) is 0 Å². The first-order valence-electron chi connectivity index (χ1n) is 10.9. The normalized spacial score (nSPS) is 27.9. The van der Waals surface area contributed by atoms with E-state index in [-0.39, 0.29) is 6.61 Å². The van der Waals surface area contributed by atoms with E-state index in [9.17, 15) is 24.6 Å². The Morgan fingerprint density at radius 3 is 2.66 bits per heavy atom. The van der Waals surface area contributed by atoms with Crippen LogP contribution in [0.1, 0.15) is 51.6 Å². The van der Waals surface area contributed by atoms with E-state index in [2.05, 4.69) is 20.4 Å². The number of anilines is 1. The number of aromatic nitrogens is 4. The molecular formula is C19H30N5O7P. The predicted octanol–water partition coefficient (Wildman–Crippen LogP) is 0.903. The van der Waals surface area contributed by atoms with Crippen molar-refractivity contribution in [3.8, 4) is 0 Å². The molecule has 32 heavy (non-hydrogen) atoms. The SMILES string of the molecule is CCc1nc(NC2CCCC2)c2cnn([C@@H]3O[C@H](COC(C)P(=O)(O)O)[C@@H](O)[C@H]3O)c2n1. The average molecular weight is 471 g/mol. The Morgan fingerprint density at radius 2 is 2.00 bits per heavy atom. The van der Waals surface area contributed by atoms with E-state index in [0.717, 1.165) is 12.8 Å². The molecular weight excluding hydrogens is 441 g/mol. The lowest BCUT2D eigenvalue weighted by Crippen LogP contribution is -2.34. The molecule has 2 aromatic rings. The molecule has 0 aromatic carbocycles. The van der Waals surface area contributed by atoms with Crippen LogP contribution in [0.4, 0.5) is 5.82 Å². The van der Waals surface area contributed by atoms with Crippen LogP contribution in [0.5, 0.6) is 0 Å². The maximum Gasteiger partial charge on any atom is 0.353 e. The van der Waals surface area contributed by atoms with Crippen molar-refractivity contribution in [3.63, 3.8) is 0 Å². The topological polar surface area (TPSA) is 172 Å². The lowest BCUT2D eigenvalue weighted by molar-refractivity contribution is -0.0742. The maximum atomic E-state index is 11.3. The first-order chi connectivity index (χ1) is 15.2. The smallest absolute Gasteiger partial charge is 0.353 e. The molecule has 13 heteroatoms. The summed E-state index contributed by atoms with van der Waals surface area (Å²) in [5.74, 6) is -0.0550. The van der Waals surface area contributed by atoms with Crippen LogP contribution in [0.15, 0.2) is 6.20 Å². The first kappa shape index (κ1) is 23.5. The van der Waals surface area contributed by atoms with Crippen LogP contribution < -0.4 is 5.32 Å². The van der Waals surface area contributed by atoms with Gasteiger partial charge in [0.05, 0.1) is 18.2 Å². The molecule has 0 radical (unpaired) electrons. The third kappa shape index (κ3) is 4.67. The molecule has 12 nitrogen and oxygen atoms in total. The van der Waals surface area contributed by atoms with Gasteiger partial charge < -0.3 is 34.8 Å². The van der Waals surface area contributed by atoms with Crippen LogP contribution in [-0.2, 0) is 20.5 Å². The van der Waals surface area contributed by atoms with E-state index in [0.29, 0.717) is 35.1 Å². The number of nitrogens with one attached hydrogen (secondary N) is 1. The third-order valence-corrected chi connectivity index (χ3v) is 7.16. The minimum Gasteiger partial charge on any atom is -0.387 e. The Kier molecular flexibility index (Phi) is 6.83. The van der Waals surface area contributed by atoms with Crippen LogP contribution >= 0.6 is 7.60 Å². The van der Waals surface area contributed by atoms with Crippen molar-refractivity contribution in [3.05, 3.63) is 12.0 Å². The second kappa shape index (κ2) is 9.30. The van der Waals surface area contributed by atoms with Gasteiger partial charge in [-0.25, -0.2) is 14.6 Å². The van der Waals surface area contributed by atoms with Gasteiger partial charge in [-0.15, -0.1) is 0 Å². The molecule has 1 unspecified atom stereocenters. The predicted molar refractivity (Wildman–Crippen MR) is 114 cm³/mol. The molecule has 178 valence electrons. The van der Waals surface area contributed by atoms with E-state index < -0.39 is 38.0 Å². The number of hydrogen-bond acceptors (Lipinski definition) is 9. The van der Waals surface area contributed by atoms with Crippen molar-refractivity contribution in [2.45, 2.75) is 82.4 Å². The standard InChI is InChI=1S/C19H30N5O7P/c1-3-14-22-17(21-11-6-4-5-7-11)12-8-20-24(18(12)23-14)19-16(26)15(25)13(31-19)9-30-10(2)32(27,28)29/h8,10-11,13,15-16,19,25-26H,3-7,9H2,1-2H3,(H,21,22,23)(H2,27,28,29)/t10?,13-,15-,16-,19-/m1/s1. The van der Waals surface area contributed by atoms with Crippen molar-refractivity contribution < 1.29 is 34.0 Å². The number of ether oxygens (including phenoxy) is 2. The van der Waals surface area contributed by atoms with E-state index >= 15 is 0 Å². The third-order valence-electron chi connectivity index (χ3n) is 6.07. The number of hydrogen-bond donors (Lipinski definition) is 5. The molecule has 2 fully saturated rings. The number of nitrogens with zero attached hydrogens (tertiary/aromatic N) is 4. The summed E-state index contributed by atoms with van der Waals surface area (Å²) in [6.07, 6.45) is 2.02. The second-order valence-electron chi connectivity index (χ2n) is 8.36. The van der Waals surface area contributed by atoms with Crippen molar-refractivity contribution in [2.75, 3.05) is 11.9 Å². The highest BCUT2D eigenvalue weighted by Crippen LogP contribution is 2.42. The highest BCUT2D eigenvalue weighted by molar-refractivity contribution is 7.52. The molecule has 2 aromatic heterocycles. The molecule has 1 saturated carbocycles. The Bertz CT molecular complexity index is 992. The van der Waals surface area contributed by atoms with E-state index in [4.69, 9.17) is 9.47 Å². The first-order valence-corrected chi connectivity index (χ1v) is 12.6. The summed E-state index contributed by atoms with van der Waals surface area (Å²) in [7, 11) is -4.44. The number of aryl methyl sites for hydroxylation is 1. The van der Waals surface area contributed by atoms with Crippen LogP contribution in [0, 0.1) is 0 Å². The van der Waals surface area contributed by atoms with Gasteiger partial charge in [-0.3, -0.25) is 4.57 Å². The minimum absolute atomic E-state index is 0.302. The quantitative estimate of drug-likeness (QED) is 0.346. The van der Waals surface area contributed by atoms with Crippen molar-refractivity contribution in [1.82, 2.24) is 19.7 Å². The second-order valence-corrected chi connectivity index (χ2v) is 10.3. The summed E-state index contributed by atoms with van der Waals surface area (Å²) < 4.78 is 23.6. The Hall–Kier alpha value is -1.66. The number of aliphatic hydroxyl groups is 2. The van der Waals surface area contributed by atoms with E-state index in [1.807, 2.05) is 6.92 Å². The number of aliphatic hydroxyl groups excluding tert-OH is 2. The van der Waals surface area contributed by atoms with Crippen molar-refractivity contribution >= 4 is 24.4 Å². The monoisotopic (exact) mass is 471 g/mol. The highest BCUT2D eigenvalue weighted by Gasteiger charge is 2.45. The molecule has 5 atom stereocenters. The summed E-state index contributed by atoms with van der Waals surface area (Å²) in [4.78, 5) is 27.5. The van der Waals surface area contributed by atoms with Gasteiger partial charge in [-0.1, -0.05) is 19.8 Å². The zero-order valence-corrected chi connectivity index (χ0v) is 18.9. The molecule has 0 amide bonds.